The average Bonchev–Trinajstić information content (AvgIpc) is 2.95. The fourth-order valence-electron chi connectivity index (χ4n) is 6.78. The summed E-state index contributed by atoms with van der Waals surface area (Å²) in [6, 6.07) is 0. The summed E-state index contributed by atoms with van der Waals surface area (Å²) in [4.78, 5) is 35.2. The number of fused-ring (bicyclic) bond motifs is 5. The van der Waals surface area contributed by atoms with Gasteiger partial charge in [-0.1, -0.05) is 37.1 Å². The lowest BCUT2D eigenvalue weighted by Crippen LogP contribution is -2.42. The molecule has 0 bridgehead atoms. The third kappa shape index (κ3) is 3.52. The van der Waals surface area contributed by atoms with Crippen molar-refractivity contribution in [1.29, 1.82) is 0 Å². The smallest absolute Gasteiger partial charge is 0.307 e. The standard InChI is InChI=1S/C26H32O5/c1-15-12-22-20-7-6-18-13-19(29)8-10-25(18,4)21(20)9-11-26(22,5)24(15)23(31-17(3)28)14-30-16(2)27/h8-10,13,15,20,22H,6-7,11-12,14H2,1-5H3/t15-,20-,22+,25+,26+/m1/s1. The molecule has 4 rings (SSSR count). The maximum absolute atomic E-state index is 11.9. The molecule has 5 nitrogen and oxygen atoms in total. The van der Waals surface area contributed by atoms with Crippen molar-refractivity contribution in [3.8, 4) is 0 Å². The van der Waals surface area contributed by atoms with Crippen LogP contribution in [0.5, 0.6) is 0 Å². The van der Waals surface area contributed by atoms with Gasteiger partial charge in [-0.15, -0.1) is 0 Å². The van der Waals surface area contributed by atoms with Crippen LogP contribution in [0.15, 0.2) is 46.8 Å². The first-order chi connectivity index (χ1) is 14.6. The van der Waals surface area contributed by atoms with E-state index in [1.807, 2.05) is 6.08 Å². The maximum Gasteiger partial charge on any atom is 0.307 e. The first-order valence-electron chi connectivity index (χ1n) is 11.3. The number of allylic oxidation sites excluding steroid dienone is 7. The Kier molecular flexibility index (Phi) is 5.35. The van der Waals surface area contributed by atoms with E-state index < -0.39 is 5.97 Å². The highest BCUT2D eigenvalue weighted by Gasteiger charge is 2.56. The number of carbonyl (C=O) groups is 3. The molecule has 4 aliphatic carbocycles. The van der Waals surface area contributed by atoms with Gasteiger partial charge in [-0.2, -0.15) is 0 Å². The molecule has 2 fully saturated rings. The zero-order chi connectivity index (χ0) is 22.6. The molecular weight excluding hydrogens is 392 g/mol. The molecule has 0 aliphatic heterocycles. The maximum atomic E-state index is 11.9. The zero-order valence-electron chi connectivity index (χ0n) is 19.1. The quantitative estimate of drug-likeness (QED) is 0.368. The van der Waals surface area contributed by atoms with E-state index in [-0.39, 0.29) is 35.1 Å². The summed E-state index contributed by atoms with van der Waals surface area (Å²) < 4.78 is 10.9. The molecule has 0 spiro atoms. The molecule has 5 atom stereocenters. The minimum atomic E-state index is -0.391. The number of ether oxygens (including phenoxy) is 2. The van der Waals surface area contributed by atoms with Crippen molar-refractivity contribution in [3.05, 3.63) is 46.8 Å². The molecule has 0 N–H and O–H groups in total. The summed E-state index contributed by atoms with van der Waals surface area (Å²) in [7, 11) is 0. The first kappa shape index (κ1) is 21.8. The van der Waals surface area contributed by atoms with Gasteiger partial charge >= 0.3 is 11.9 Å². The van der Waals surface area contributed by atoms with Crippen LogP contribution in [0.3, 0.4) is 0 Å². The van der Waals surface area contributed by atoms with Crippen LogP contribution >= 0.6 is 0 Å². The van der Waals surface area contributed by atoms with Crippen molar-refractivity contribution >= 4 is 17.7 Å². The Bertz CT molecular complexity index is 964. The third-order valence-corrected chi connectivity index (χ3v) is 8.03. The van der Waals surface area contributed by atoms with Crippen LogP contribution in [0.25, 0.3) is 0 Å². The monoisotopic (exact) mass is 424 g/mol. The van der Waals surface area contributed by atoms with Crippen LogP contribution in [0.1, 0.15) is 60.3 Å². The molecule has 5 heteroatoms. The van der Waals surface area contributed by atoms with Crippen molar-refractivity contribution in [3.63, 3.8) is 0 Å². The number of hydrogen-bond acceptors (Lipinski definition) is 5. The topological polar surface area (TPSA) is 69.7 Å². The molecule has 166 valence electrons. The van der Waals surface area contributed by atoms with Crippen LogP contribution in [0.2, 0.25) is 0 Å². The van der Waals surface area contributed by atoms with Crippen molar-refractivity contribution < 1.29 is 23.9 Å². The van der Waals surface area contributed by atoms with Gasteiger partial charge in [0.2, 0.25) is 0 Å². The van der Waals surface area contributed by atoms with E-state index in [9.17, 15) is 14.4 Å². The summed E-state index contributed by atoms with van der Waals surface area (Å²) in [5.41, 5.74) is 3.45. The van der Waals surface area contributed by atoms with Crippen molar-refractivity contribution in [2.45, 2.75) is 60.3 Å². The fourth-order valence-corrected chi connectivity index (χ4v) is 6.78. The molecule has 0 amide bonds. The van der Waals surface area contributed by atoms with Crippen LogP contribution in [0, 0.1) is 28.6 Å². The van der Waals surface area contributed by atoms with E-state index in [4.69, 9.17) is 9.47 Å². The van der Waals surface area contributed by atoms with E-state index in [2.05, 4.69) is 32.9 Å². The number of esters is 2. The first-order valence-corrected chi connectivity index (χ1v) is 11.3. The minimum Gasteiger partial charge on any atom is -0.458 e. The van der Waals surface area contributed by atoms with E-state index in [0.717, 1.165) is 31.3 Å². The molecule has 0 unspecified atom stereocenters. The molecule has 0 aromatic carbocycles. The second-order valence-corrected chi connectivity index (χ2v) is 9.99. The number of carbonyl (C=O) groups excluding carboxylic acids is 3. The highest BCUT2D eigenvalue weighted by Crippen LogP contribution is 2.65. The Morgan fingerprint density at radius 1 is 1.19 bits per heavy atom. The van der Waals surface area contributed by atoms with Crippen LogP contribution in [0.4, 0.5) is 0 Å². The highest BCUT2D eigenvalue weighted by atomic mass is 16.6. The molecule has 2 saturated carbocycles. The highest BCUT2D eigenvalue weighted by molar-refractivity contribution is 6.01. The van der Waals surface area contributed by atoms with Gasteiger partial charge in [0.1, 0.15) is 12.4 Å². The molecule has 0 radical (unpaired) electrons. The Hall–Kier alpha value is -2.43. The lowest BCUT2D eigenvalue weighted by atomic mass is 9.53. The van der Waals surface area contributed by atoms with Crippen molar-refractivity contribution in [2.24, 2.45) is 28.6 Å². The van der Waals surface area contributed by atoms with E-state index in [1.165, 1.54) is 25.0 Å². The normalized spacial score (nSPS) is 37.7. The Labute approximate surface area is 184 Å². The summed E-state index contributed by atoms with van der Waals surface area (Å²) in [6.07, 6.45) is 11.8. The number of rotatable bonds is 3. The van der Waals surface area contributed by atoms with E-state index >= 15 is 0 Å². The number of ketones is 1. The lowest BCUT2D eigenvalue weighted by molar-refractivity contribution is -0.145. The van der Waals surface area contributed by atoms with Gasteiger partial charge in [0.25, 0.3) is 0 Å². The largest absolute Gasteiger partial charge is 0.458 e. The summed E-state index contributed by atoms with van der Waals surface area (Å²) in [5, 5.41) is 0. The van der Waals surface area contributed by atoms with Gasteiger partial charge in [-0.3, -0.25) is 14.4 Å². The molecule has 0 heterocycles. The Morgan fingerprint density at radius 2 is 1.94 bits per heavy atom. The van der Waals surface area contributed by atoms with Gasteiger partial charge in [-0.25, -0.2) is 0 Å². The predicted molar refractivity (Wildman–Crippen MR) is 117 cm³/mol. The molecule has 31 heavy (non-hydrogen) atoms. The van der Waals surface area contributed by atoms with Gasteiger partial charge in [0.05, 0.1) is 0 Å². The Balaban J connectivity index is 1.76. The molecule has 0 saturated heterocycles. The second-order valence-electron chi connectivity index (χ2n) is 9.99. The summed E-state index contributed by atoms with van der Waals surface area (Å²) >= 11 is 0. The molecule has 0 aromatic heterocycles. The van der Waals surface area contributed by atoms with Crippen LogP contribution < -0.4 is 0 Å². The SMILES string of the molecule is CC(=O)OCC(OC(C)=O)=C1[C@H](C)C[C@H]2[C@@H]3CCC4=CC(=O)C=C[C@]4(C)C3=CC[C@]12C. The third-order valence-electron chi connectivity index (χ3n) is 8.03. The minimum absolute atomic E-state index is 0.00636. The number of hydrogen-bond donors (Lipinski definition) is 0. The molecule has 0 aromatic rings. The fraction of sp³-hybridized carbons (Fsp3) is 0.577. The zero-order valence-corrected chi connectivity index (χ0v) is 19.1. The summed E-state index contributed by atoms with van der Waals surface area (Å²) in [5.74, 6) is 0.891. The second kappa shape index (κ2) is 7.61. The van der Waals surface area contributed by atoms with Crippen molar-refractivity contribution in [1.82, 2.24) is 0 Å². The van der Waals surface area contributed by atoms with Gasteiger partial charge < -0.3 is 9.47 Å². The van der Waals surface area contributed by atoms with E-state index in [1.54, 1.807) is 6.08 Å². The van der Waals surface area contributed by atoms with Gasteiger partial charge in [-0.05, 0) is 73.5 Å². The molecular formula is C26H32O5. The van der Waals surface area contributed by atoms with Crippen LogP contribution in [-0.4, -0.2) is 24.3 Å². The summed E-state index contributed by atoms with van der Waals surface area (Å²) in [6.45, 7) is 9.44. The predicted octanol–water partition coefficient (Wildman–Crippen LogP) is 4.84. The van der Waals surface area contributed by atoms with Crippen molar-refractivity contribution in [2.75, 3.05) is 6.61 Å². The Morgan fingerprint density at radius 3 is 2.61 bits per heavy atom. The van der Waals surface area contributed by atoms with Gasteiger partial charge in [0.15, 0.2) is 5.78 Å². The van der Waals surface area contributed by atoms with E-state index in [0.29, 0.717) is 17.6 Å². The molecule has 4 aliphatic rings. The van der Waals surface area contributed by atoms with Crippen LogP contribution in [-0.2, 0) is 23.9 Å². The van der Waals surface area contributed by atoms with Gasteiger partial charge in [0, 0.05) is 19.3 Å². The lowest BCUT2D eigenvalue weighted by Gasteiger charge is -2.51. The average molecular weight is 425 g/mol.